The molecule has 0 fully saturated rings. The molecule has 0 aliphatic carbocycles. The number of hydrogen-bond donors (Lipinski definition) is 1. The van der Waals surface area contributed by atoms with Crippen molar-refractivity contribution in [2.75, 3.05) is 13.2 Å². The summed E-state index contributed by atoms with van der Waals surface area (Å²) >= 11 is 1.51. The van der Waals surface area contributed by atoms with Crippen LogP contribution in [0.25, 0.3) is 21.1 Å². The summed E-state index contributed by atoms with van der Waals surface area (Å²) in [6.45, 7) is 0.495. The van der Waals surface area contributed by atoms with Crippen molar-refractivity contribution < 1.29 is 9.53 Å². The first-order valence-electron chi connectivity index (χ1n) is 8.35. The number of hydrogen-bond acceptors (Lipinski definition) is 5. The number of carbonyl (C=O) groups excluding carboxylic acids is 1. The lowest BCUT2D eigenvalue weighted by Gasteiger charge is -2.05. The largest absolute Gasteiger partial charge is 0.479 e. The molecule has 6 heteroatoms. The fourth-order valence-electron chi connectivity index (χ4n) is 2.64. The molecule has 1 N–H and O–H groups in total. The van der Waals surface area contributed by atoms with E-state index >= 15 is 0 Å². The van der Waals surface area contributed by atoms with Gasteiger partial charge in [0.1, 0.15) is 17.9 Å². The van der Waals surface area contributed by atoms with Gasteiger partial charge in [-0.15, -0.1) is 11.3 Å². The van der Waals surface area contributed by atoms with Crippen LogP contribution in [0.5, 0.6) is 5.75 Å². The minimum absolute atomic E-state index is 0.154. The number of fused-ring (bicyclic) bond motifs is 2. The molecular weight excluding hydrogens is 358 g/mol. The molecule has 0 aliphatic rings. The number of benzene rings is 2. The van der Waals surface area contributed by atoms with Crippen molar-refractivity contribution in [2.45, 2.75) is 0 Å². The molecule has 0 saturated carbocycles. The molecule has 0 unspecified atom stereocenters. The summed E-state index contributed by atoms with van der Waals surface area (Å²) in [7, 11) is 0. The van der Waals surface area contributed by atoms with E-state index in [1.807, 2.05) is 42.5 Å². The molecule has 4 aromatic rings. The Balaban J connectivity index is 1.31. The summed E-state index contributed by atoms with van der Waals surface area (Å²) in [5.74, 6) is 6.35. The quantitative estimate of drug-likeness (QED) is 0.555. The van der Waals surface area contributed by atoms with Crippen molar-refractivity contribution in [1.82, 2.24) is 15.3 Å². The first-order chi connectivity index (χ1) is 13.3. The van der Waals surface area contributed by atoms with Gasteiger partial charge in [-0.05, 0) is 30.3 Å². The highest BCUT2D eigenvalue weighted by Crippen LogP contribution is 2.22. The van der Waals surface area contributed by atoms with E-state index in [0.717, 1.165) is 21.1 Å². The summed E-state index contributed by atoms with van der Waals surface area (Å²) in [4.78, 5) is 20.7. The van der Waals surface area contributed by atoms with E-state index in [0.29, 0.717) is 11.3 Å². The third-order valence-electron chi connectivity index (χ3n) is 3.95. The Bertz CT molecular complexity index is 1170. The van der Waals surface area contributed by atoms with E-state index < -0.39 is 0 Å². The maximum absolute atomic E-state index is 12.2. The third kappa shape index (κ3) is 3.89. The lowest BCUT2D eigenvalue weighted by molar-refractivity contribution is 0.0959. The van der Waals surface area contributed by atoms with E-state index in [9.17, 15) is 4.79 Å². The van der Waals surface area contributed by atoms with Crippen molar-refractivity contribution in [2.24, 2.45) is 0 Å². The highest BCUT2D eigenvalue weighted by Gasteiger charge is 2.06. The van der Waals surface area contributed by atoms with Gasteiger partial charge in [-0.25, -0.2) is 4.98 Å². The number of thiazole rings is 1. The number of carbonyl (C=O) groups is 1. The average molecular weight is 373 g/mol. The van der Waals surface area contributed by atoms with Crippen molar-refractivity contribution in [3.8, 4) is 17.6 Å². The second kappa shape index (κ2) is 7.85. The number of para-hydroxylation sites is 1. The predicted octanol–water partition coefficient (Wildman–Crippen LogP) is 3.66. The van der Waals surface area contributed by atoms with Crippen LogP contribution < -0.4 is 10.1 Å². The summed E-state index contributed by atoms with van der Waals surface area (Å²) in [5, 5.41) is 3.81. The van der Waals surface area contributed by atoms with Crippen LogP contribution in [0, 0.1) is 11.8 Å². The van der Waals surface area contributed by atoms with E-state index in [2.05, 4.69) is 27.1 Å². The molecule has 2 aromatic heterocycles. The van der Waals surface area contributed by atoms with E-state index in [1.54, 1.807) is 17.8 Å². The van der Waals surface area contributed by atoms with Gasteiger partial charge < -0.3 is 10.1 Å². The Hall–Kier alpha value is -3.43. The molecule has 0 saturated heterocycles. The van der Waals surface area contributed by atoms with Crippen LogP contribution in [0.2, 0.25) is 0 Å². The molecule has 2 aromatic carbocycles. The van der Waals surface area contributed by atoms with Crippen LogP contribution in [0.1, 0.15) is 10.4 Å². The van der Waals surface area contributed by atoms with Crippen LogP contribution in [-0.4, -0.2) is 29.0 Å². The van der Waals surface area contributed by atoms with Gasteiger partial charge in [-0.3, -0.25) is 9.78 Å². The SMILES string of the molecule is O=C(NCC#CCOc1cccc2cccnc12)c1ccc2ncsc2c1. The van der Waals surface area contributed by atoms with Crippen LogP contribution in [0.4, 0.5) is 0 Å². The second-order valence-corrected chi connectivity index (χ2v) is 6.58. The van der Waals surface area contributed by atoms with Gasteiger partial charge in [-0.2, -0.15) is 0 Å². The maximum atomic E-state index is 12.2. The molecule has 0 radical (unpaired) electrons. The first-order valence-corrected chi connectivity index (χ1v) is 9.23. The zero-order valence-corrected chi connectivity index (χ0v) is 15.1. The lowest BCUT2D eigenvalue weighted by atomic mass is 10.2. The van der Waals surface area contributed by atoms with Crippen molar-refractivity contribution in [3.63, 3.8) is 0 Å². The van der Waals surface area contributed by atoms with E-state index in [-0.39, 0.29) is 19.1 Å². The van der Waals surface area contributed by atoms with Crippen LogP contribution >= 0.6 is 11.3 Å². The molecular formula is C21H15N3O2S. The normalized spacial score (nSPS) is 10.4. The highest BCUT2D eigenvalue weighted by molar-refractivity contribution is 7.16. The van der Waals surface area contributed by atoms with Crippen molar-refractivity contribution >= 4 is 38.4 Å². The minimum Gasteiger partial charge on any atom is -0.479 e. The van der Waals surface area contributed by atoms with Gasteiger partial charge in [0.15, 0.2) is 0 Å². The molecule has 1 amide bonds. The molecule has 0 spiro atoms. The summed E-state index contributed by atoms with van der Waals surface area (Å²) in [5.41, 5.74) is 4.08. The van der Waals surface area contributed by atoms with Gasteiger partial charge >= 0.3 is 0 Å². The summed E-state index contributed by atoms with van der Waals surface area (Å²) in [6, 6.07) is 15.1. The third-order valence-corrected chi connectivity index (χ3v) is 4.74. The fourth-order valence-corrected chi connectivity index (χ4v) is 3.36. The number of amides is 1. The molecule has 4 rings (SSSR count). The fraction of sp³-hybridized carbons (Fsp3) is 0.0952. The van der Waals surface area contributed by atoms with Gasteiger partial charge in [0, 0.05) is 17.1 Å². The number of ether oxygens (including phenoxy) is 1. The zero-order valence-electron chi connectivity index (χ0n) is 14.3. The minimum atomic E-state index is -0.154. The monoisotopic (exact) mass is 373 g/mol. The smallest absolute Gasteiger partial charge is 0.252 e. The number of nitrogens with one attached hydrogen (secondary N) is 1. The van der Waals surface area contributed by atoms with Crippen LogP contribution in [0.15, 0.2) is 60.2 Å². The molecule has 0 aliphatic heterocycles. The second-order valence-electron chi connectivity index (χ2n) is 5.69. The predicted molar refractivity (Wildman–Crippen MR) is 107 cm³/mol. The van der Waals surface area contributed by atoms with E-state index in [4.69, 9.17) is 4.74 Å². The Kier molecular flexibility index (Phi) is 4.95. The topological polar surface area (TPSA) is 64.1 Å². The number of aromatic nitrogens is 2. The zero-order chi connectivity index (χ0) is 18.5. The van der Waals surface area contributed by atoms with E-state index in [1.165, 1.54) is 11.3 Å². The standard InChI is InChI=1S/C21H15N3O2S/c25-21(16-8-9-17-19(13-16)27-14-24-17)23-10-1-2-12-26-18-7-3-5-15-6-4-11-22-20(15)18/h3-9,11,13-14H,10,12H2,(H,23,25). The molecule has 0 bridgehead atoms. The van der Waals surface area contributed by atoms with Gasteiger partial charge in [0.25, 0.3) is 5.91 Å². The Morgan fingerprint density at radius 2 is 2.04 bits per heavy atom. The molecule has 132 valence electrons. The number of pyridine rings is 1. The van der Waals surface area contributed by atoms with Gasteiger partial charge in [0.05, 0.1) is 22.3 Å². The van der Waals surface area contributed by atoms with Crippen molar-refractivity contribution in [3.05, 3.63) is 65.8 Å². The maximum Gasteiger partial charge on any atom is 0.252 e. The van der Waals surface area contributed by atoms with Gasteiger partial charge in [-0.1, -0.05) is 30.0 Å². The summed E-state index contributed by atoms with van der Waals surface area (Å²) < 4.78 is 6.69. The van der Waals surface area contributed by atoms with Crippen LogP contribution in [0.3, 0.4) is 0 Å². The molecule has 2 heterocycles. The Morgan fingerprint density at radius 1 is 1.11 bits per heavy atom. The Labute approximate surface area is 160 Å². The van der Waals surface area contributed by atoms with Gasteiger partial charge in [0.2, 0.25) is 0 Å². The number of nitrogens with zero attached hydrogens (tertiary/aromatic N) is 2. The number of rotatable bonds is 4. The summed E-state index contributed by atoms with van der Waals surface area (Å²) in [6.07, 6.45) is 1.74. The lowest BCUT2D eigenvalue weighted by Crippen LogP contribution is -2.23. The average Bonchev–Trinajstić information content (AvgIpc) is 3.18. The molecule has 0 atom stereocenters. The Morgan fingerprint density at radius 3 is 3.00 bits per heavy atom. The molecule has 27 heavy (non-hydrogen) atoms. The first kappa shape index (κ1) is 17.0. The van der Waals surface area contributed by atoms with Crippen molar-refractivity contribution in [1.29, 1.82) is 0 Å². The van der Waals surface area contributed by atoms with Crippen LogP contribution in [-0.2, 0) is 0 Å². The molecule has 5 nitrogen and oxygen atoms in total. The highest BCUT2D eigenvalue weighted by atomic mass is 32.1.